The predicted octanol–water partition coefficient (Wildman–Crippen LogP) is -0.664. The fraction of sp³-hybridized carbons (Fsp3) is 0.385. The summed E-state index contributed by atoms with van der Waals surface area (Å²) in [5.74, 6) is 0.585. The lowest BCUT2D eigenvalue weighted by atomic mass is 9.54. The zero-order valence-electron chi connectivity index (χ0n) is 30.6. The monoisotopic (exact) mass is 768 g/mol. The van der Waals surface area contributed by atoms with Gasteiger partial charge in [-0.15, -0.1) is 51.0 Å². The summed E-state index contributed by atoms with van der Waals surface area (Å²) in [7, 11) is 0. The van der Waals surface area contributed by atoms with Crippen LogP contribution >= 0.6 is 0 Å². The first-order valence-electron chi connectivity index (χ1n) is 16.6. The van der Waals surface area contributed by atoms with Crippen LogP contribution in [0.5, 0.6) is 0 Å². The van der Waals surface area contributed by atoms with E-state index in [0.717, 1.165) is 10.3 Å². The van der Waals surface area contributed by atoms with Crippen molar-refractivity contribution in [2.24, 2.45) is 37.7 Å². The number of nitrogens with one attached hydrogen (secondary N) is 5. The van der Waals surface area contributed by atoms with E-state index in [1.165, 1.54) is 20.6 Å². The Labute approximate surface area is 314 Å². The number of aromatic amines is 2. The van der Waals surface area contributed by atoms with Gasteiger partial charge in [0.15, 0.2) is 11.5 Å². The summed E-state index contributed by atoms with van der Waals surface area (Å²) in [6.07, 6.45) is 4.28. The van der Waals surface area contributed by atoms with Crippen LogP contribution in [0, 0.1) is 16.4 Å². The number of H-pyrrole nitrogens is 2. The van der Waals surface area contributed by atoms with Gasteiger partial charge in [-0.05, 0) is 18.8 Å². The molecule has 0 aromatic carbocycles. The highest BCUT2D eigenvalue weighted by molar-refractivity contribution is 5.91. The van der Waals surface area contributed by atoms with E-state index in [4.69, 9.17) is 28.5 Å². The molecule has 30 heteroatoms. The molecule has 0 saturated heterocycles. The van der Waals surface area contributed by atoms with E-state index in [1.807, 2.05) is 13.8 Å². The van der Waals surface area contributed by atoms with Crippen molar-refractivity contribution in [2.45, 2.75) is 54.0 Å². The molecule has 0 bridgehead atoms. The van der Waals surface area contributed by atoms with Gasteiger partial charge in [-0.1, -0.05) is 51.1 Å². The Morgan fingerprint density at radius 1 is 0.911 bits per heavy atom. The fourth-order valence-electron chi connectivity index (χ4n) is 5.08. The minimum Gasteiger partial charge on any atom is -0.368 e. The largest absolute Gasteiger partial charge is 0.368 e. The molecular weight excluding hydrogens is 732 g/mol. The Morgan fingerprint density at radius 2 is 1.66 bits per heavy atom. The molecule has 1 aliphatic rings. The maximum Gasteiger partial charge on any atom is 0.292 e. The zero-order chi connectivity index (χ0) is 39.9. The number of allylic oxidation sites excluding steroid dienone is 2. The smallest absolute Gasteiger partial charge is 0.292 e. The number of nitrogens with two attached hydrogens (primary N) is 4. The molecule has 6 aromatic rings. The Kier molecular flexibility index (Phi) is 8.89. The average Bonchev–Trinajstić information content (AvgIpc) is 4.02. The standard InChI is InChI=1S/C26H36N30/c1-7-10(2)54(51-31)22-37-20(43-46-22)34-15(27)40-41-18(30)55-17(29)35-23(50-55)53-9-12(38-52-53)14-33-19(42-39-14)36-21-44-47-24(48-45-21)56-16(28)32-13(49-56)11-8-25(3,4)26(11,5)6/h8-10,31H,7H2,1-6H3,(H2,30,41)(H2,28,32,49)(H2,29,35,50)(H4,27,34,37,40,43,46)(H2,33,36,39,42,44,45). The molecule has 13 N–H and O–H groups in total. The molecule has 7 rings (SSSR count). The van der Waals surface area contributed by atoms with Gasteiger partial charge in [-0.25, -0.2) is 15.2 Å². The number of nitrogen functional groups attached to an aromatic ring is 2. The molecule has 1 unspecified atom stereocenters. The minimum atomic E-state index is -0.279. The summed E-state index contributed by atoms with van der Waals surface area (Å²) >= 11 is 0. The lowest BCUT2D eigenvalue weighted by Crippen LogP contribution is -2.40. The van der Waals surface area contributed by atoms with Crippen molar-refractivity contribution in [1.29, 1.82) is 5.53 Å². The normalized spacial score (nSPS) is 15.6. The third-order valence-electron chi connectivity index (χ3n) is 9.10. The highest BCUT2D eigenvalue weighted by Crippen LogP contribution is 2.58. The minimum absolute atomic E-state index is 0.00655. The van der Waals surface area contributed by atoms with Gasteiger partial charge in [0, 0.05) is 11.0 Å². The second-order valence-corrected chi connectivity index (χ2v) is 13.3. The summed E-state index contributed by atoms with van der Waals surface area (Å²) in [6, 6.07) is -0.104. The van der Waals surface area contributed by atoms with Gasteiger partial charge in [0.25, 0.3) is 23.8 Å². The lowest BCUT2D eigenvalue weighted by molar-refractivity contribution is 0.206. The first-order valence-corrected chi connectivity index (χ1v) is 16.6. The number of aromatic nitrogens is 19. The van der Waals surface area contributed by atoms with Gasteiger partial charge in [0.2, 0.25) is 41.5 Å². The molecule has 0 radical (unpaired) electrons. The molecule has 0 fully saturated rings. The molecule has 0 amide bonds. The van der Waals surface area contributed by atoms with Crippen molar-refractivity contribution in [3.8, 4) is 23.4 Å². The summed E-state index contributed by atoms with van der Waals surface area (Å²) in [5, 5.41) is 64.5. The summed E-state index contributed by atoms with van der Waals surface area (Å²) < 4.78 is 3.49. The Hall–Kier alpha value is -8.08. The van der Waals surface area contributed by atoms with Gasteiger partial charge in [0.1, 0.15) is 0 Å². The van der Waals surface area contributed by atoms with Crippen LogP contribution < -0.4 is 38.6 Å². The van der Waals surface area contributed by atoms with Gasteiger partial charge in [0.05, 0.1) is 12.2 Å². The van der Waals surface area contributed by atoms with Gasteiger partial charge < -0.3 is 22.9 Å². The molecule has 30 nitrogen and oxygen atoms in total. The molecule has 1 aliphatic carbocycles. The van der Waals surface area contributed by atoms with E-state index in [-0.39, 0.29) is 87.9 Å². The Balaban J connectivity index is 0.980. The van der Waals surface area contributed by atoms with Crippen LogP contribution in [0.1, 0.15) is 53.8 Å². The van der Waals surface area contributed by atoms with Gasteiger partial charge in [-0.2, -0.15) is 44.6 Å². The molecule has 6 aromatic heterocycles. The Morgan fingerprint density at radius 3 is 2.36 bits per heavy atom. The Bertz CT molecular complexity index is 2460. The van der Waals surface area contributed by atoms with E-state index < -0.39 is 0 Å². The van der Waals surface area contributed by atoms with E-state index in [2.05, 4.69) is 141 Å². The van der Waals surface area contributed by atoms with Crippen molar-refractivity contribution in [2.75, 3.05) is 27.1 Å². The summed E-state index contributed by atoms with van der Waals surface area (Å²) in [4.78, 5) is 17.1. The summed E-state index contributed by atoms with van der Waals surface area (Å²) in [6.45, 7) is 12.4. The topological polar surface area (TPSA) is 419 Å². The van der Waals surface area contributed by atoms with Crippen LogP contribution in [0.3, 0.4) is 0 Å². The highest BCUT2D eigenvalue weighted by Gasteiger charge is 2.48. The first-order chi connectivity index (χ1) is 26.7. The highest BCUT2D eigenvalue weighted by atomic mass is 15.6. The van der Waals surface area contributed by atoms with E-state index in [0.29, 0.717) is 12.2 Å². The van der Waals surface area contributed by atoms with Crippen LogP contribution in [-0.4, -0.2) is 113 Å². The second kappa shape index (κ2) is 13.7. The van der Waals surface area contributed by atoms with Gasteiger partial charge >= 0.3 is 0 Å². The fourth-order valence-corrected chi connectivity index (χ4v) is 5.08. The third kappa shape index (κ3) is 6.66. The number of nitrogens with zero attached hydrogens (tertiary/aromatic N) is 21. The van der Waals surface area contributed by atoms with Crippen molar-refractivity contribution in [1.82, 2.24) is 95.3 Å². The molecule has 0 aliphatic heterocycles. The van der Waals surface area contributed by atoms with Crippen molar-refractivity contribution >= 4 is 53.2 Å². The third-order valence-corrected chi connectivity index (χ3v) is 9.10. The maximum atomic E-state index is 7.38. The number of guanidine groups is 1. The van der Waals surface area contributed by atoms with Crippen LogP contribution in [0.15, 0.2) is 27.7 Å². The van der Waals surface area contributed by atoms with Crippen LogP contribution in [0.4, 0.5) is 35.7 Å². The molecule has 6 heterocycles. The molecule has 0 spiro atoms. The number of rotatable bonds is 12. The van der Waals surface area contributed by atoms with E-state index in [9.17, 15) is 0 Å². The van der Waals surface area contributed by atoms with E-state index in [1.54, 1.807) is 0 Å². The second-order valence-electron chi connectivity index (χ2n) is 13.3. The zero-order valence-corrected chi connectivity index (χ0v) is 30.6. The van der Waals surface area contributed by atoms with Crippen molar-refractivity contribution in [3.05, 3.63) is 18.1 Å². The average molecular weight is 769 g/mol. The maximum absolute atomic E-state index is 7.38. The number of hydrogen-bond acceptors (Lipinski definition) is 21. The van der Waals surface area contributed by atoms with Crippen LogP contribution in [0.25, 0.3) is 29.0 Å². The summed E-state index contributed by atoms with van der Waals surface area (Å²) in [5.41, 5.74) is 32.5. The molecule has 56 heavy (non-hydrogen) atoms. The van der Waals surface area contributed by atoms with Crippen molar-refractivity contribution < 1.29 is 0 Å². The molecule has 0 saturated carbocycles. The molecular formula is C26H36N30. The number of hydrogen-bond donors (Lipinski definition) is 9. The van der Waals surface area contributed by atoms with Crippen LogP contribution in [-0.2, 0) is 0 Å². The first kappa shape index (κ1) is 36.3. The predicted molar refractivity (Wildman–Crippen MR) is 197 cm³/mol. The van der Waals surface area contributed by atoms with E-state index >= 15 is 0 Å². The van der Waals surface area contributed by atoms with Crippen molar-refractivity contribution in [3.63, 3.8) is 0 Å². The molecule has 1 atom stereocenters. The lowest BCUT2D eigenvalue weighted by Gasteiger charge is -2.49. The SMILES string of the molecule is CCC(C)N(N=N)c1n[nH]c(N/C(N)=N/N=C(\N)n2nc(-n3cc(-c4n[nH]c(Nc5nnc(-n6nc(C7=CC(C)(C)C7(C)C)nc6N)nn5)n4)nn3)nc2N)n1. The quantitative estimate of drug-likeness (QED) is 0.0323. The van der Waals surface area contributed by atoms with Crippen LogP contribution in [0.2, 0.25) is 0 Å². The number of anilines is 6. The van der Waals surface area contributed by atoms with Gasteiger partial charge in [-0.3, -0.25) is 10.6 Å². The molecule has 290 valence electrons.